The number of aliphatic hydroxyl groups excluding tert-OH is 2. The second-order valence-corrected chi connectivity index (χ2v) is 17.3. The van der Waals surface area contributed by atoms with Crippen molar-refractivity contribution in [1.82, 2.24) is 0 Å². The van der Waals surface area contributed by atoms with E-state index in [0.717, 1.165) is 0 Å². The summed E-state index contributed by atoms with van der Waals surface area (Å²) in [6, 6.07) is 0. The molecule has 5 aliphatic rings. The van der Waals surface area contributed by atoms with Crippen LogP contribution >= 0.6 is 0 Å². The molecule has 0 aromatic carbocycles. The van der Waals surface area contributed by atoms with Crippen LogP contribution in [0.25, 0.3) is 0 Å². The monoisotopic (exact) mass is 760 g/mol. The summed E-state index contributed by atoms with van der Waals surface area (Å²) in [5.41, 5.74) is -7.99. The van der Waals surface area contributed by atoms with E-state index in [2.05, 4.69) is 0 Å². The molecule has 0 amide bonds. The van der Waals surface area contributed by atoms with Gasteiger partial charge in [-0.1, -0.05) is 66.7 Å². The summed E-state index contributed by atoms with van der Waals surface area (Å²) < 4.78 is 45.1. The molecule has 2 aliphatic carbocycles. The summed E-state index contributed by atoms with van der Waals surface area (Å²) in [5, 5.41) is 24.5. The second-order valence-electron chi connectivity index (χ2n) is 17.3. The zero-order chi connectivity index (χ0) is 40.8. The van der Waals surface area contributed by atoms with E-state index >= 15 is 0 Å². The van der Waals surface area contributed by atoms with Crippen molar-refractivity contribution < 1.29 is 62.5 Å². The van der Waals surface area contributed by atoms with Gasteiger partial charge in [0.25, 0.3) is 5.97 Å². The Hall–Kier alpha value is -3.26. The maximum absolute atomic E-state index is 14.4. The molecule has 13 nitrogen and oxygen atoms in total. The SMILES string of the molecule is C/C=C\C(=C/C)C(OC(C)=O)C(C)(C)C1/C(=C(/O)C(C)C)C(=O)OC(C)C12OC1(C)OC34CC(C)(C(OC(C)=O)C3O)C(CC(=O)OC)C4(C)C2(CC)O1. The van der Waals surface area contributed by atoms with Crippen molar-refractivity contribution in [3.8, 4) is 0 Å². The first-order chi connectivity index (χ1) is 24.9. The van der Waals surface area contributed by atoms with Crippen molar-refractivity contribution in [1.29, 1.82) is 0 Å². The van der Waals surface area contributed by atoms with E-state index in [0.29, 0.717) is 5.57 Å². The zero-order valence-corrected chi connectivity index (χ0v) is 34.3. The number of allylic oxidation sites excluding steroid dienone is 3. The van der Waals surface area contributed by atoms with E-state index in [1.165, 1.54) is 21.0 Å². The number of rotatable bonds is 10. The molecular formula is C41H60O13. The maximum Gasteiger partial charge on any atom is 0.338 e. The van der Waals surface area contributed by atoms with E-state index in [1.807, 2.05) is 66.7 Å². The highest BCUT2D eigenvalue weighted by atomic mass is 16.9. The van der Waals surface area contributed by atoms with Gasteiger partial charge in [0.1, 0.15) is 47.0 Å². The molecule has 12 atom stereocenters. The van der Waals surface area contributed by atoms with Crippen LogP contribution < -0.4 is 0 Å². The van der Waals surface area contributed by atoms with Gasteiger partial charge in [-0.2, -0.15) is 0 Å². The smallest absolute Gasteiger partial charge is 0.338 e. The van der Waals surface area contributed by atoms with Crippen molar-refractivity contribution in [2.24, 2.45) is 34.0 Å². The predicted molar refractivity (Wildman–Crippen MR) is 194 cm³/mol. The van der Waals surface area contributed by atoms with E-state index in [4.69, 9.17) is 33.2 Å². The molecule has 3 aliphatic heterocycles. The third kappa shape index (κ3) is 5.23. The number of aliphatic hydroxyl groups is 2. The molecule has 0 aromatic rings. The second kappa shape index (κ2) is 13.4. The fourth-order valence-corrected chi connectivity index (χ4v) is 12.0. The van der Waals surface area contributed by atoms with Gasteiger partial charge in [0.15, 0.2) is 0 Å². The number of cyclic esters (lactones) is 1. The van der Waals surface area contributed by atoms with Crippen LogP contribution in [0.2, 0.25) is 0 Å². The molecule has 2 N–H and O–H groups in total. The molecule has 4 bridgehead atoms. The van der Waals surface area contributed by atoms with E-state index in [9.17, 15) is 29.4 Å². The number of methoxy groups -OCH3 is 1. The summed E-state index contributed by atoms with van der Waals surface area (Å²) in [5.74, 6) is -7.03. The van der Waals surface area contributed by atoms with Crippen LogP contribution in [0.1, 0.15) is 109 Å². The highest BCUT2D eigenvalue weighted by Crippen LogP contribution is 2.82. The number of hydrogen-bond donors (Lipinski definition) is 2. The Bertz CT molecular complexity index is 1680. The molecule has 2 spiro atoms. The van der Waals surface area contributed by atoms with Crippen LogP contribution in [-0.2, 0) is 52.3 Å². The third-order valence-corrected chi connectivity index (χ3v) is 13.7. The summed E-state index contributed by atoms with van der Waals surface area (Å²) in [6.45, 7) is 22.4. The number of ether oxygens (including phenoxy) is 7. The van der Waals surface area contributed by atoms with Gasteiger partial charge in [-0.05, 0) is 45.1 Å². The quantitative estimate of drug-likeness (QED) is 0.0904. The van der Waals surface area contributed by atoms with Gasteiger partial charge < -0.3 is 43.4 Å². The number of fused-ring (bicyclic) bond motifs is 5. The van der Waals surface area contributed by atoms with Crippen molar-refractivity contribution in [3.05, 3.63) is 35.1 Å². The maximum atomic E-state index is 14.4. The molecule has 5 fully saturated rings. The Morgan fingerprint density at radius 2 is 1.69 bits per heavy atom. The minimum Gasteiger partial charge on any atom is -0.511 e. The van der Waals surface area contributed by atoms with Gasteiger partial charge >= 0.3 is 23.9 Å². The fraction of sp³-hybridized carbons (Fsp3) is 0.756. The Morgan fingerprint density at radius 1 is 1.06 bits per heavy atom. The summed E-state index contributed by atoms with van der Waals surface area (Å²) in [4.78, 5) is 53.4. The van der Waals surface area contributed by atoms with Crippen LogP contribution in [0, 0.1) is 34.0 Å². The van der Waals surface area contributed by atoms with E-state index < -0.39 is 105 Å². The van der Waals surface area contributed by atoms with Gasteiger partial charge in [0.2, 0.25) is 0 Å². The third-order valence-electron chi connectivity index (χ3n) is 13.7. The lowest BCUT2D eigenvalue weighted by atomic mass is 9.43. The predicted octanol–water partition coefficient (Wildman–Crippen LogP) is 5.78. The number of esters is 4. The standard InChI is InChI=1S/C41H60O13/c1-15-18-25(16-2)32(50-23(7)42)35(9,10)30-28(29(45)21(4)5)34(47)49-22(6)41(30)40(17-3)37(12)26(19-27(44)48-14)36(11)20-39(37,52-38(13,53-40)54-41)31(46)33(36)51-24(8)43/h15-16,18,21-22,26,30-33,45-46H,17,19-20H2,1-14H3/b18-15-,25-16+,29-28-. The van der Waals surface area contributed by atoms with Crippen LogP contribution in [0.3, 0.4) is 0 Å². The minimum absolute atomic E-state index is 0.0661. The van der Waals surface area contributed by atoms with Crippen molar-refractivity contribution in [3.63, 3.8) is 0 Å². The zero-order valence-electron chi connectivity index (χ0n) is 34.3. The molecule has 5 rings (SSSR count). The van der Waals surface area contributed by atoms with Gasteiger partial charge in [0.05, 0.1) is 12.7 Å². The van der Waals surface area contributed by atoms with Crippen LogP contribution in [0.4, 0.5) is 0 Å². The Balaban J connectivity index is 1.95. The molecule has 0 radical (unpaired) electrons. The Morgan fingerprint density at radius 3 is 2.19 bits per heavy atom. The lowest BCUT2D eigenvalue weighted by molar-refractivity contribution is -0.452. The van der Waals surface area contributed by atoms with Gasteiger partial charge in [-0.3, -0.25) is 14.4 Å². The Kier molecular flexibility index (Phi) is 10.4. The highest BCUT2D eigenvalue weighted by molar-refractivity contribution is 5.92. The van der Waals surface area contributed by atoms with E-state index in [-0.39, 0.29) is 30.6 Å². The molecule has 54 heavy (non-hydrogen) atoms. The number of hydrogen-bond acceptors (Lipinski definition) is 13. The van der Waals surface area contributed by atoms with Crippen molar-refractivity contribution in [2.45, 2.75) is 156 Å². The van der Waals surface area contributed by atoms with Gasteiger partial charge in [0, 0.05) is 55.3 Å². The van der Waals surface area contributed by atoms with Crippen LogP contribution in [0.5, 0.6) is 0 Å². The number of carbonyl (C=O) groups is 4. The van der Waals surface area contributed by atoms with Crippen molar-refractivity contribution in [2.75, 3.05) is 7.11 Å². The Labute approximate surface area is 318 Å². The van der Waals surface area contributed by atoms with Gasteiger partial charge in [-0.15, -0.1) is 0 Å². The first kappa shape index (κ1) is 41.9. The van der Waals surface area contributed by atoms with E-state index in [1.54, 1.807) is 27.7 Å². The molecule has 0 aromatic heterocycles. The average molecular weight is 761 g/mol. The molecule has 3 saturated heterocycles. The molecule has 302 valence electrons. The van der Waals surface area contributed by atoms with Gasteiger partial charge in [-0.25, -0.2) is 4.79 Å². The summed E-state index contributed by atoms with van der Waals surface area (Å²) in [7, 11) is 1.29. The number of carbonyl (C=O) groups excluding carboxylic acids is 4. The summed E-state index contributed by atoms with van der Waals surface area (Å²) in [6.07, 6.45) is 1.07. The average Bonchev–Trinajstić information content (AvgIpc) is 3.53. The fourth-order valence-electron chi connectivity index (χ4n) is 12.0. The molecule has 13 heteroatoms. The molecule has 12 unspecified atom stereocenters. The topological polar surface area (TPSA) is 173 Å². The molecule has 3 heterocycles. The van der Waals surface area contributed by atoms with Crippen LogP contribution in [-0.4, -0.2) is 88.4 Å². The highest BCUT2D eigenvalue weighted by Gasteiger charge is 2.94. The van der Waals surface area contributed by atoms with Crippen molar-refractivity contribution >= 4 is 23.9 Å². The molecule has 2 saturated carbocycles. The first-order valence-electron chi connectivity index (χ1n) is 19.0. The lowest BCUT2D eigenvalue weighted by Gasteiger charge is -2.67. The first-order valence-corrected chi connectivity index (χ1v) is 19.0. The minimum atomic E-state index is -1.91. The normalized spacial score (nSPS) is 42.9. The molecular weight excluding hydrogens is 700 g/mol. The van der Waals surface area contributed by atoms with Crippen LogP contribution in [0.15, 0.2) is 35.1 Å². The largest absolute Gasteiger partial charge is 0.511 e. The summed E-state index contributed by atoms with van der Waals surface area (Å²) >= 11 is 0. The lowest BCUT2D eigenvalue weighted by Crippen LogP contribution is -2.81.